The van der Waals surface area contributed by atoms with Crippen LogP contribution in [-0.2, 0) is 10.0 Å². The number of hydrogen-bond donors (Lipinski definition) is 3. The Bertz CT molecular complexity index is 482. The van der Waals surface area contributed by atoms with E-state index < -0.39 is 10.0 Å². The van der Waals surface area contributed by atoms with E-state index in [1.807, 2.05) is 6.92 Å². The van der Waals surface area contributed by atoms with E-state index in [0.29, 0.717) is 17.9 Å². The Labute approximate surface area is 100 Å². The molecule has 0 spiro atoms. The van der Waals surface area contributed by atoms with Crippen LogP contribution in [0.4, 0.5) is 16.2 Å². The molecule has 1 aromatic rings. The third-order valence-electron chi connectivity index (χ3n) is 1.78. The second-order valence-electron chi connectivity index (χ2n) is 3.44. The van der Waals surface area contributed by atoms with Gasteiger partial charge in [-0.3, -0.25) is 4.72 Å². The van der Waals surface area contributed by atoms with E-state index in [1.54, 1.807) is 24.3 Å². The quantitative estimate of drug-likeness (QED) is 0.757. The van der Waals surface area contributed by atoms with Crippen molar-refractivity contribution in [2.45, 2.75) is 6.92 Å². The van der Waals surface area contributed by atoms with Crippen molar-refractivity contribution in [2.24, 2.45) is 0 Å². The lowest BCUT2D eigenvalue weighted by Gasteiger charge is -2.07. The van der Waals surface area contributed by atoms with E-state index in [0.717, 1.165) is 6.26 Å². The van der Waals surface area contributed by atoms with Crippen molar-refractivity contribution >= 4 is 27.4 Å². The fourth-order valence-corrected chi connectivity index (χ4v) is 1.74. The third-order valence-corrected chi connectivity index (χ3v) is 2.39. The summed E-state index contributed by atoms with van der Waals surface area (Å²) in [6, 6.07) is 6.08. The van der Waals surface area contributed by atoms with Crippen LogP contribution in [0.3, 0.4) is 0 Å². The molecule has 0 saturated heterocycles. The molecule has 0 atom stereocenters. The zero-order valence-electron chi connectivity index (χ0n) is 9.65. The van der Waals surface area contributed by atoms with Gasteiger partial charge in [-0.25, -0.2) is 13.2 Å². The Hall–Kier alpha value is -1.76. The molecule has 1 aromatic carbocycles. The van der Waals surface area contributed by atoms with Crippen molar-refractivity contribution in [3.63, 3.8) is 0 Å². The summed E-state index contributed by atoms with van der Waals surface area (Å²) in [5.41, 5.74) is 1.05. The number of carbonyl (C=O) groups is 1. The number of carbonyl (C=O) groups excluding carboxylic acids is 1. The van der Waals surface area contributed by atoms with Crippen LogP contribution in [0, 0.1) is 0 Å². The first-order valence-electron chi connectivity index (χ1n) is 5.03. The monoisotopic (exact) mass is 257 g/mol. The zero-order valence-corrected chi connectivity index (χ0v) is 10.5. The van der Waals surface area contributed by atoms with E-state index in [-0.39, 0.29) is 6.03 Å². The van der Waals surface area contributed by atoms with E-state index in [4.69, 9.17) is 0 Å². The molecule has 2 amide bonds. The van der Waals surface area contributed by atoms with Crippen LogP contribution in [0.25, 0.3) is 0 Å². The molecule has 0 aliphatic carbocycles. The Kier molecular flexibility index (Phi) is 4.33. The van der Waals surface area contributed by atoms with E-state index >= 15 is 0 Å². The van der Waals surface area contributed by atoms with Gasteiger partial charge in [0.25, 0.3) is 0 Å². The molecule has 3 N–H and O–H groups in total. The topological polar surface area (TPSA) is 87.3 Å². The average Bonchev–Trinajstić information content (AvgIpc) is 2.19. The summed E-state index contributed by atoms with van der Waals surface area (Å²) >= 11 is 0. The summed E-state index contributed by atoms with van der Waals surface area (Å²) in [5, 5.41) is 5.19. The normalized spacial score (nSPS) is 10.7. The standard InChI is InChI=1S/C10H15N3O3S/c1-3-11-10(14)12-8-4-6-9(7-5-8)13-17(2,15)16/h4-7,13H,3H2,1-2H3,(H2,11,12,14). The summed E-state index contributed by atoms with van der Waals surface area (Å²) in [7, 11) is -3.27. The largest absolute Gasteiger partial charge is 0.338 e. The molecule has 17 heavy (non-hydrogen) atoms. The lowest BCUT2D eigenvalue weighted by atomic mass is 10.3. The van der Waals surface area contributed by atoms with Gasteiger partial charge >= 0.3 is 6.03 Å². The predicted octanol–water partition coefficient (Wildman–Crippen LogP) is 1.20. The molecule has 0 fully saturated rings. The maximum absolute atomic E-state index is 11.2. The van der Waals surface area contributed by atoms with Gasteiger partial charge in [0.1, 0.15) is 0 Å². The molecule has 7 heteroatoms. The zero-order chi connectivity index (χ0) is 12.9. The summed E-state index contributed by atoms with van der Waals surface area (Å²) in [4.78, 5) is 11.2. The SMILES string of the molecule is CCNC(=O)Nc1ccc(NS(C)(=O)=O)cc1. The maximum Gasteiger partial charge on any atom is 0.319 e. The molecule has 0 heterocycles. The summed E-state index contributed by atoms with van der Waals surface area (Å²) in [5.74, 6) is 0. The number of hydrogen-bond acceptors (Lipinski definition) is 3. The first-order valence-corrected chi connectivity index (χ1v) is 6.92. The highest BCUT2D eigenvalue weighted by atomic mass is 32.2. The highest BCUT2D eigenvalue weighted by Crippen LogP contribution is 2.14. The minimum atomic E-state index is -3.27. The first kappa shape index (κ1) is 13.3. The minimum absolute atomic E-state index is 0.295. The number of sulfonamides is 1. The number of urea groups is 1. The Morgan fingerprint density at radius 1 is 1.18 bits per heavy atom. The van der Waals surface area contributed by atoms with E-state index in [9.17, 15) is 13.2 Å². The smallest absolute Gasteiger partial charge is 0.319 e. The van der Waals surface area contributed by atoms with Crippen LogP contribution in [0.2, 0.25) is 0 Å². The molecule has 6 nitrogen and oxygen atoms in total. The van der Waals surface area contributed by atoms with Gasteiger partial charge in [-0.05, 0) is 31.2 Å². The average molecular weight is 257 g/mol. The van der Waals surface area contributed by atoms with Crippen LogP contribution >= 0.6 is 0 Å². The fraction of sp³-hybridized carbons (Fsp3) is 0.300. The van der Waals surface area contributed by atoms with Crippen molar-refractivity contribution in [2.75, 3.05) is 22.8 Å². The van der Waals surface area contributed by atoms with Crippen molar-refractivity contribution in [1.82, 2.24) is 5.32 Å². The molecule has 94 valence electrons. The lowest BCUT2D eigenvalue weighted by Crippen LogP contribution is -2.28. The second kappa shape index (κ2) is 5.53. The fourth-order valence-electron chi connectivity index (χ4n) is 1.17. The third kappa shape index (κ3) is 5.21. The summed E-state index contributed by atoms with van der Waals surface area (Å²) < 4.78 is 24.2. The van der Waals surface area contributed by atoms with Crippen LogP contribution in [0.15, 0.2) is 24.3 Å². The Morgan fingerprint density at radius 2 is 1.71 bits per heavy atom. The van der Waals surface area contributed by atoms with Gasteiger partial charge in [0, 0.05) is 17.9 Å². The summed E-state index contributed by atoms with van der Waals surface area (Å²) in [6.45, 7) is 2.36. The van der Waals surface area contributed by atoms with Gasteiger partial charge in [0.15, 0.2) is 0 Å². The number of benzene rings is 1. The molecule has 0 unspecified atom stereocenters. The predicted molar refractivity (Wildman–Crippen MR) is 67.6 cm³/mol. The molecular formula is C10H15N3O3S. The molecule has 0 bridgehead atoms. The summed E-state index contributed by atoms with van der Waals surface area (Å²) in [6.07, 6.45) is 1.08. The molecule has 0 aliphatic heterocycles. The van der Waals surface area contributed by atoms with Gasteiger partial charge in [-0.15, -0.1) is 0 Å². The first-order chi connectivity index (χ1) is 7.90. The Morgan fingerprint density at radius 3 is 2.18 bits per heavy atom. The van der Waals surface area contributed by atoms with Crippen molar-refractivity contribution in [3.8, 4) is 0 Å². The number of anilines is 2. The van der Waals surface area contributed by atoms with Gasteiger partial charge in [0.2, 0.25) is 10.0 Å². The van der Waals surface area contributed by atoms with Crippen molar-refractivity contribution < 1.29 is 13.2 Å². The minimum Gasteiger partial charge on any atom is -0.338 e. The van der Waals surface area contributed by atoms with E-state index in [2.05, 4.69) is 15.4 Å². The van der Waals surface area contributed by atoms with E-state index in [1.165, 1.54) is 0 Å². The van der Waals surface area contributed by atoms with Crippen LogP contribution < -0.4 is 15.4 Å². The highest BCUT2D eigenvalue weighted by Gasteiger charge is 2.02. The van der Waals surface area contributed by atoms with Crippen LogP contribution in [0.5, 0.6) is 0 Å². The van der Waals surface area contributed by atoms with Crippen LogP contribution in [-0.4, -0.2) is 27.2 Å². The molecule has 0 aromatic heterocycles. The molecule has 0 aliphatic rings. The maximum atomic E-state index is 11.2. The highest BCUT2D eigenvalue weighted by molar-refractivity contribution is 7.92. The molecule has 0 radical (unpaired) electrons. The molecule has 0 saturated carbocycles. The van der Waals surface area contributed by atoms with Crippen molar-refractivity contribution in [1.29, 1.82) is 0 Å². The van der Waals surface area contributed by atoms with Crippen LogP contribution in [0.1, 0.15) is 6.92 Å². The Balaban J connectivity index is 2.65. The lowest BCUT2D eigenvalue weighted by molar-refractivity contribution is 0.252. The van der Waals surface area contributed by atoms with Gasteiger partial charge < -0.3 is 10.6 Å². The number of amides is 2. The van der Waals surface area contributed by atoms with Gasteiger partial charge in [0.05, 0.1) is 6.26 Å². The second-order valence-corrected chi connectivity index (χ2v) is 5.18. The molecule has 1 rings (SSSR count). The van der Waals surface area contributed by atoms with Crippen molar-refractivity contribution in [3.05, 3.63) is 24.3 Å². The van der Waals surface area contributed by atoms with Gasteiger partial charge in [-0.1, -0.05) is 0 Å². The van der Waals surface area contributed by atoms with Gasteiger partial charge in [-0.2, -0.15) is 0 Å². The number of nitrogens with one attached hydrogen (secondary N) is 3. The number of rotatable bonds is 4. The molecular weight excluding hydrogens is 242 g/mol.